The quantitative estimate of drug-likeness (QED) is 0.717. The Kier molecular flexibility index (Phi) is 7.23. The summed E-state index contributed by atoms with van der Waals surface area (Å²) < 4.78 is 0. The maximum Gasteiger partial charge on any atom is 0.248 e. The molecular weight excluding hydrogens is 362 g/mol. The maximum absolute atomic E-state index is 11.5. The molecule has 0 saturated carbocycles. The number of rotatable bonds is 8. The molecule has 1 aromatic carbocycles. The highest BCUT2D eigenvalue weighted by molar-refractivity contribution is 5.93. The third kappa shape index (κ3) is 5.78. The molecule has 1 unspecified atom stereocenters. The predicted octanol–water partition coefficient (Wildman–Crippen LogP) is 2.70. The van der Waals surface area contributed by atoms with Crippen LogP contribution in [0.15, 0.2) is 42.7 Å². The zero-order chi connectivity index (χ0) is 20.8. The fourth-order valence-corrected chi connectivity index (χ4v) is 3.93. The number of hydrogen-bond donors (Lipinski definition) is 2. The summed E-state index contributed by atoms with van der Waals surface area (Å²) in [5.41, 5.74) is 15.5. The third-order valence-electron chi connectivity index (χ3n) is 5.87. The van der Waals surface area contributed by atoms with Gasteiger partial charge in [0.1, 0.15) is 0 Å². The predicted molar refractivity (Wildman–Crippen MR) is 118 cm³/mol. The summed E-state index contributed by atoms with van der Waals surface area (Å²) in [5.74, 6) is -0.395. The molecule has 1 saturated heterocycles. The van der Waals surface area contributed by atoms with Crippen LogP contribution >= 0.6 is 0 Å². The van der Waals surface area contributed by atoms with Crippen molar-refractivity contribution >= 4 is 11.6 Å². The van der Waals surface area contributed by atoms with Crippen LogP contribution in [0.5, 0.6) is 0 Å². The Morgan fingerprint density at radius 3 is 2.52 bits per heavy atom. The lowest BCUT2D eigenvalue weighted by molar-refractivity contribution is 0.100. The number of piperidine rings is 1. The van der Waals surface area contributed by atoms with Gasteiger partial charge in [-0.15, -0.1) is 0 Å². The molecule has 1 aliphatic heterocycles. The smallest absolute Gasteiger partial charge is 0.248 e. The van der Waals surface area contributed by atoms with Crippen molar-refractivity contribution in [3.8, 4) is 0 Å². The van der Waals surface area contributed by atoms with E-state index in [0.29, 0.717) is 11.6 Å². The van der Waals surface area contributed by atoms with E-state index in [-0.39, 0.29) is 6.04 Å². The van der Waals surface area contributed by atoms with Crippen LogP contribution < -0.4 is 16.4 Å². The number of benzene rings is 1. The summed E-state index contributed by atoms with van der Waals surface area (Å²) in [7, 11) is 0. The Morgan fingerprint density at radius 2 is 1.93 bits per heavy atom. The molecule has 0 spiro atoms. The van der Waals surface area contributed by atoms with E-state index in [0.717, 1.165) is 51.1 Å². The number of nitrogens with zero attached hydrogens (tertiary/aromatic N) is 3. The lowest BCUT2D eigenvalue weighted by atomic mass is 10.00. The van der Waals surface area contributed by atoms with Crippen molar-refractivity contribution in [2.24, 2.45) is 11.5 Å². The van der Waals surface area contributed by atoms with Gasteiger partial charge >= 0.3 is 0 Å². The van der Waals surface area contributed by atoms with Crippen molar-refractivity contribution in [1.82, 2.24) is 9.88 Å². The monoisotopic (exact) mass is 395 g/mol. The van der Waals surface area contributed by atoms with E-state index in [1.807, 2.05) is 36.7 Å². The van der Waals surface area contributed by atoms with Crippen molar-refractivity contribution in [2.75, 3.05) is 24.5 Å². The van der Waals surface area contributed by atoms with Crippen LogP contribution in [0.25, 0.3) is 0 Å². The third-order valence-corrected chi connectivity index (χ3v) is 5.87. The number of carbonyl (C=O) groups is 1. The van der Waals surface area contributed by atoms with Gasteiger partial charge in [-0.05, 0) is 81.1 Å². The van der Waals surface area contributed by atoms with E-state index in [9.17, 15) is 4.79 Å². The molecule has 1 aromatic heterocycles. The zero-order valence-corrected chi connectivity index (χ0v) is 17.6. The van der Waals surface area contributed by atoms with Gasteiger partial charge in [0.15, 0.2) is 0 Å². The molecule has 0 bridgehead atoms. The van der Waals surface area contributed by atoms with Crippen molar-refractivity contribution in [2.45, 2.75) is 51.7 Å². The van der Waals surface area contributed by atoms with E-state index < -0.39 is 5.91 Å². The molecule has 1 atom stereocenters. The summed E-state index contributed by atoms with van der Waals surface area (Å²) in [6.45, 7) is 8.24. The van der Waals surface area contributed by atoms with Crippen LogP contribution in [0.4, 0.5) is 5.69 Å². The minimum atomic E-state index is -0.395. The summed E-state index contributed by atoms with van der Waals surface area (Å²) in [4.78, 5) is 20.7. The summed E-state index contributed by atoms with van der Waals surface area (Å²) in [6, 6.07) is 10.4. The lowest BCUT2D eigenvalue weighted by Crippen LogP contribution is -2.45. The van der Waals surface area contributed by atoms with Crippen LogP contribution in [0.3, 0.4) is 0 Å². The van der Waals surface area contributed by atoms with Crippen LogP contribution in [0.1, 0.15) is 47.7 Å². The number of hydrogen-bond acceptors (Lipinski definition) is 5. The average molecular weight is 396 g/mol. The molecule has 1 amide bonds. The molecule has 2 heterocycles. The number of aryl methyl sites for hydroxylation is 1. The second kappa shape index (κ2) is 9.85. The number of nitrogens with two attached hydrogens (primary N) is 2. The molecule has 29 heavy (non-hydrogen) atoms. The summed E-state index contributed by atoms with van der Waals surface area (Å²) >= 11 is 0. The fraction of sp³-hybridized carbons (Fsp3) is 0.478. The van der Waals surface area contributed by atoms with Gasteiger partial charge in [0, 0.05) is 55.4 Å². The number of amides is 1. The molecular formula is C23H33N5O. The minimum Gasteiger partial charge on any atom is -0.366 e. The van der Waals surface area contributed by atoms with Crippen molar-refractivity contribution in [3.05, 3.63) is 59.4 Å². The molecule has 6 heteroatoms. The molecule has 2 aromatic rings. The Labute approximate surface area is 173 Å². The van der Waals surface area contributed by atoms with E-state index in [4.69, 9.17) is 11.5 Å². The van der Waals surface area contributed by atoms with Gasteiger partial charge in [-0.3, -0.25) is 9.78 Å². The first-order valence-electron chi connectivity index (χ1n) is 10.5. The number of carbonyl (C=O) groups excluding carboxylic acids is 1. The highest BCUT2D eigenvalue weighted by atomic mass is 16.1. The SMILES string of the molecule is Cc1ccncc1CN(c1ccc(C(N)=O)cc1)C1CCN(CCC(C)N)CC1. The van der Waals surface area contributed by atoms with E-state index in [2.05, 4.69) is 34.7 Å². The highest BCUT2D eigenvalue weighted by Gasteiger charge is 2.25. The number of primary amides is 1. The van der Waals surface area contributed by atoms with Crippen LogP contribution in [0, 0.1) is 6.92 Å². The number of likely N-dealkylation sites (tertiary alicyclic amines) is 1. The highest BCUT2D eigenvalue weighted by Crippen LogP contribution is 2.27. The van der Waals surface area contributed by atoms with Gasteiger partial charge in [-0.25, -0.2) is 0 Å². The molecule has 6 nitrogen and oxygen atoms in total. The first-order valence-corrected chi connectivity index (χ1v) is 10.5. The summed E-state index contributed by atoms with van der Waals surface area (Å²) in [6.07, 6.45) is 7.04. The first kappa shape index (κ1) is 21.3. The van der Waals surface area contributed by atoms with Gasteiger partial charge in [-0.2, -0.15) is 0 Å². The lowest BCUT2D eigenvalue weighted by Gasteiger charge is -2.40. The van der Waals surface area contributed by atoms with Gasteiger partial charge in [0.2, 0.25) is 5.91 Å². The Hall–Kier alpha value is -2.44. The Morgan fingerprint density at radius 1 is 1.24 bits per heavy atom. The second-order valence-electron chi connectivity index (χ2n) is 8.18. The van der Waals surface area contributed by atoms with Crippen molar-refractivity contribution in [1.29, 1.82) is 0 Å². The van der Waals surface area contributed by atoms with Gasteiger partial charge in [0.05, 0.1) is 0 Å². The molecule has 3 rings (SSSR count). The standard InChI is InChI=1S/C23H33N5O/c1-17-7-11-26-15-20(17)16-28(21-5-3-19(4-6-21)23(25)29)22-9-13-27(14-10-22)12-8-18(2)24/h3-7,11,15,18,22H,8-10,12-14,16,24H2,1-2H3,(H2,25,29). The molecule has 4 N–H and O–H groups in total. The van der Waals surface area contributed by atoms with E-state index in [1.54, 1.807) is 0 Å². The zero-order valence-electron chi connectivity index (χ0n) is 17.6. The molecule has 0 aliphatic carbocycles. The fourth-order valence-electron chi connectivity index (χ4n) is 3.93. The number of aromatic nitrogens is 1. The molecule has 156 valence electrons. The van der Waals surface area contributed by atoms with Crippen LogP contribution in [0.2, 0.25) is 0 Å². The van der Waals surface area contributed by atoms with Crippen LogP contribution in [-0.4, -0.2) is 47.5 Å². The number of pyridine rings is 1. The van der Waals surface area contributed by atoms with Crippen molar-refractivity contribution in [3.63, 3.8) is 0 Å². The molecule has 0 radical (unpaired) electrons. The van der Waals surface area contributed by atoms with E-state index >= 15 is 0 Å². The largest absolute Gasteiger partial charge is 0.366 e. The van der Waals surface area contributed by atoms with Gasteiger partial charge in [0.25, 0.3) is 0 Å². The van der Waals surface area contributed by atoms with Crippen molar-refractivity contribution < 1.29 is 4.79 Å². The maximum atomic E-state index is 11.5. The van der Waals surface area contributed by atoms with Crippen LogP contribution in [-0.2, 0) is 6.54 Å². The Bertz CT molecular complexity index is 797. The first-order chi connectivity index (χ1) is 13.9. The van der Waals surface area contributed by atoms with Gasteiger partial charge in [-0.1, -0.05) is 0 Å². The topological polar surface area (TPSA) is 88.5 Å². The Balaban J connectivity index is 1.76. The van der Waals surface area contributed by atoms with Gasteiger partial charge < -0.3 is 21.3 Å². The second-order valence-corrected chi connectivity index (χ2v) is 8.18. The normalized spacial score (nSPS) is 16.5. The molecule has 1 fully saturated rings. The summed E-state index contributed by atoms with van der Waals surface area (Å²) in [5, 5.41) is 0. The average Bonchev–Trinajstić information content (AvgIpc) is 2.72. The molecule has 1 aliphatic rings. The number of anilines is 1. The minimum absolute atomic E-state index is 0.251. The van der Waals surface area contributed by atoms with E-state index in [1.165, 1.54) is 11.1 Å².